The van der Waals surface area contributed by atoms with Crippen LogP contribution in [0.4, 0.5) is 81.6 Å². The smallest absolute Gasteiger partial charge is 0.385 e. The van der Waals surface area contributed by atoms with E-state index in [4.69, 9.17) is 11.5 Å². The van der Waals surface area contributed by atoms with Gasteiger partial charge in [0.25, 0.3) is 0 Å². The van der Waals surface area contributed by atoms with Crippen molar-refractivity contribution in [1.29, 1.82) is 0 Å². The molecule has 2 aromatic rings. The molecular formula is C36H44F16N2. The van der Waals surface area contributed by atoms with Crippen molar-refractivity contribution in [2.45, 2.75) is 152 Å². The number of nitrogen functional groups attached to an aromatic ring is 2. The van der Waals surface area contributed by atoms with Crippen LogP contribution in [0.1, 0.15) is 125 Å². The van der Waals surface area contributed by atoms with E-state index in [0.29, 0.717) is 12.8 Å². The molecular weight excluding hydrogens is 764 g/mol. The highest BCUT2D eigenvalue weighted by Crippen LogP contribution is 2.66. The van der Waals surface area contributed by atoms with Crippen molar-refractivity contribution in [2.24, 2.45) is 0 Å². The van der Waals surface area contributed by atoms with Crippen molar-refractivity contribution in [2.75, 3.05) is 11.5 Å². The molecule has 0 heterocycles. The minimum Gasteiger partial charge on any atom is -0.398 e. The molecule has 2 atom stereocenters. The van der Waals surface area contributed by atoms with Gasteiger partial charge in [0.2, 0.25) is 0 Å². The summed E-state index contributed by atoms with van der Waals surface area (Å²) in [4.78, 5) is 0. The normalized spacial score (nSPS) is 15.4. The van der Waals surface area contributed by atoms with Crippen molar-refractivity contribution < 1.29 is 70.2 Å². The number of alkyl halides is 16. The van der Waals surface area contributed by atoms with Crippen molar-refractivity contribution >= 4 is 11.4 Å². The molecule has 0 aromatic heterocycles. The van der Waals surface area contributed by atoms with Crippen LogP contribution in [-0.2, 0) is 24.7 Å². The molecule has 4 N–H and O–H groups in total. The Bertz CT molecular complexity index is 1490. The first-order valence-electron chi connectivity index (χ1n) is 17.2. The van der Waals surface area contributed by atoms with Crippen LogP contribution in [-0.4, -0.2) is 35.5 Å². The summed E-state index contributed by atoms with van der Waals surface area (Å²) in [5.41, 5.74) is 5.61. The molecule has 18 heteroatoms. The zero-order chi connectivity index (χ0) is 42.3. The lowest BCUT2D eigenvalue weighted by Gasteiger charge is -2.44. The van der Waals surface area contributed by atoms with E-state index in [1.165, 1.54) is 27.7 Å². The van der Waals surface area contributed by atoms with Crippen molar-refractivity contribution in [3.05, 3.63) is 57.6 Å². The standard InChI is InChI=1S/C36H44F16N2/c1-7-11-13-21-15-23(17-25(27(21)53)19(5)9-3)29(37,38)31(41,42)33(45,46)35(49,50)36(51,52)34(47,48)32(43,44)30(39,40)24-16-22(14-12-8-2)28(54)26(18-24)20(6)10-4/h15-20H,7-14,53-54H2,1-6H3. The first-order valence-corrected chi connectivity index (χ1v) is 17.2. The maximum atomic E-state index is 15.4. The number of benzene rings is 2. The van der Waals surface area contributed by atoms with Crippen molar-refractivity contribution in [1.82, 2.24) is 0 Å². The summed E-state index contributed by atoms with van der Waals surface area (Å²) in [5, 5.41) is 0. The van der Waals surface area contributed by atoms with Gasteiger partial charge in [-0.25, -0.2) is 0 Å². The fourth-order valence-corrected chi connectivity index (χ4v) is 5.79. The van der Waals surface area contributed by atoms with Crippen molar-refractivity contribution in [3.8, 4) is 0 Å². The number of rotatable bonds is 19. The number of halogens is 16. The van der Waals surface area contributed by atoms with E-state index in [0.717, 1.165) is 0 Å². The summed E-state index contributed by atoms with van der Waals surface area (Å²) in [6.45, 7) is 8.79. The predicted molar refractivity (Wildman–Crippen MR) is 174 cm³/mol. The van der Waals surface area contributed by atoms with E-state index in [9.17, 15) is 17.6 Å². The molecule has 0 amide bonds. The van der Waals surface area contributed by atoms with Gasteiger partial charge in [-0.15, -0.1) is 0 Å². The van der Waals surface area contributed by atoms with E-state index in [1.807, 2.05) is 0 Å². The lowest BCUT2D eigenvalue weighted by Crippen LogP contribution is -2.74. The molecule has 0 aliphatic rings. The summed E-state index contributed by atoms with van der Waals surface area (Å²) in [5.74, 6) is -64.1. The Morgan fingerprint density at radius 1 is 0.444 bits per heavy atom. The van der Waals surface area contributed by atoms with Crippen LogP contribution in [0.25, 0.3) is 0 Å². The van der Waals surface area contributed by atoms with E-state index >= 15 is 52.7 Å². The Morgan fingerprint density at radius 2 is 0.704 bits per heavy atom. The predicted octanol–water partition coefficient (Wildman–Crippen LogP) is 13.3. The van der Waals surface area contributed by atoms with E-state index in [-0.39, 0.29) is 96.4 Å². The SMILES string of the molecule is CCCCc1cc(C(F)(F)C(F)(F)C(F)(F)C(F)(F)C(F)(F)C(F)(F)C(F)(F)C(F)(F)c2cc(CCCC)c(N)c(C(C)CC)c2)cc(C(C)CC)c1N. The molecule has 310 valence electrons. The fraction of sp³-hybridized carbons (Fsp3) is 0.667. The van der Waals surface area contributed by atoms with Crippen LogP contribution < -0.4 is 11.5 Å². The first-order chi connectivity index (χ1) is 24.4. The monoisotopic (exact) mass is 808 g/mol. The Labute approximate surface area is 303 Å². The van der Waals surface area contributed by atoms with E-state index in [1.54, 1.807) is 13.8 Å². The Balaban J connectivity index is 2.82. The molecule has 54 heavy (non-hydrogen) atoms. The van der Waals surface area contributed by atoms with Crippen LogP contribution in [0.15, 0.2) is 24.3 Å². The molecule has 0 aliphatic heterocycles. The first kappa shape index (κ1) is 47.1. The van der Waals surface area contributed by atoms with Crippen molar-refractivity contribution in [3.63, 3.8) is 0 Å². The Morgan fingerprint density at radius 3 is 0.944 bits per heavy atom. The Kier molecular flexibility index (Phi) is 13.8. The number of hydrogen-bond acceptors (Lipinski definition) is 2. The molecule has 0 saturated heterocycles. The van der Waals surface area contributed by atoms with Gasteiger partial charge in [0, 0.05) is 22.5 Å². The highest BCUT2D eigenvalue weighted by atomic mass is 19.4. The second-order valence-electron chi connectivity index (χ2n) is 13.7. The van der Waals surface area contributed by atoms with Gasteiger partial charge >= 0.3 is 47.4 Å². The van der Waals surface area contributed by atoms with Gasteiger partial charge < -0.3 is 11.5 Å². The molecule has 0 radical (unpaired) electrons. The zero-order valence-corrected chi connectivity index (χ0v) is 30.3. The van der Waals surface area contributed by atoms with Crippen LogP contribution in [0, 0.1) is 0 Å². The van der Waals surface area contributed by atoms with Gasteiger partial charge in [0.1, 0.15) is 0 Å². The van der Waals surface area contributed by atoms with Gasteiger partial charge in [0.15, 0.2) is 0 Å². The maximum Gasteiger partial charge on any atom is 0.385 e. The minimum atomic E-state index is -8.54. The van der Waals surface area contributed by atoms with Crippen LogP contribution in [0.3, 0.4) is 0 Å². The highest BCUT2D eigenvalue weighted by Gasteiger charge is 2.95. The maximum absolute atomic E-state index is 15.4. The molecule has 0 saturated carbocycles. The summed E-state index contributed by atoms with van der Waals surface area (Å²) < 4.78 is 243. The number of unbranched alkanes of at least 4 members (excludes halogenated alkanes) is 2. The Hall–Kier alpha value is -3.08. The average Bonchev–Trinajstić information content (AvgIpc) is 3.09. The summed E-state index contributed by atoms with van der Waals surface area (Å²) in [6, 6.07) is 0.486. The molecule has 0 aliphatic carbocycles. The van der Waals surface area contributed by atoms with Crippen LogP contribution >= 0.6 is 0 Å². The molecule has 0 fully saturated rings. The lowest BCUT2D eigenvalue weighted by atomic mass is 9.82. The third kappa shape index (κ3) is 7.32. The second kappa shape index (κ2) is 15.8. The lowest BCUT2D eigenvalue weighted by molar-refractivity contribution is -0.456. The van der Waals surface area contributed by atoms with Gasteiger partial charge in [0.05, 0.1) is 0 Å². The third-order valence-electron chi connectivity index (χ3n) is 9.97. The van der Waals surface area contributed by atoms with Gasteiger partial charge in [-0.1, -0.05) is 54.4 Å². The molecule has 2 aromatic carbocycles. The quantitative estimate of drug-likeness (QED) is 0.110. The molecule has 2 unspecified atom stereocenters. The summed E-state index contributed by atoms with van der Waals surface area (Å²) >= 11 is 0. The topological polar surface area (TPSA) is 52.0 Å². The van der Waals surface area contributed by atoms with E-state index < -0.39 is 70.3 Å². The molecule has 2 rings (SSSR count). The average molecular weight is 809 g/mol. The van der Waals surface area contributed by atoms with Gasteiger partial charge in [-0.3, -0.25) is 0 Å². The van der Waals surface area contributed by atoms with Crippen LogP contribution in [0.5, 0.6) is 0 Å². The highest BCUT2D eigenvalue weighted by molar-refractivity contribution is 5.59. The van der Waals surface area contributed by atoms with Gasteiger partial charge in [-0.05, 0) is 96.9 Å². The molecule has 0 bridgehead atoms. The second-order valence-corrected chi connectivity index (χ2v) is 13.7. The third-order valence-corrected chi connectivity index (χ3v) is 9.97. The fourth-order valence-electron chi connectivity index (χ4n) is 5.79. The van der Waals surface area contributed by atoms with E-state index in [2.05, 4.69) is 0 Å². The number of hydrogen-bond donors (Lipinski definition) is 2. The number of aryl methyl sites for hydroxylation is 2. The molecule has 0 spiro atoms. The van der Waals surface area contributed by atoms with Gasteiger partial charge in [-0.2, -0.15) is 70.2 Å². The number of anilines is 2. The summed E-state index contributed by atoms with van der Waals surface area (Å²) in [6.07, 6.45) is 0.674. The number of nitrogens with two attached hydrogens (primary N) is 2. The minimum absolute atomic E-state index is 0.0760. The molecule has 2 nitrogen and oxygen atoms in total. The van der Waals surface area contributed by atoms with Crippen LogP contribution in [0.2, 0.25) is 0 Å². The summed E-state index contributed by atoms with van der Waals surface area (Å²) in [7, 11) is 0. The zero-order valence-electron chi connectivity index (χ0n) is 30.3. The largest absolute Gasteiger partial charge is 0.398 e.